The normalized spacial score (nSPS) is 9.58. The van der Waals surface area contributed by atoms with Crippen molar-refractivity contribution in [3.8, 4) is 23.7 Å². The lowest BCUT2D eigenvalue weighted by Gasteiger charge is -1.97. The minimum absolute atomic E-state index is 0.990. The predicted octanol–water partition coefficient (Wildman–Crippen LogP) is 5.97. The van der Waals surface area contributed by atoms with Crippen molar-refractivity contribution in [2.45, 2.75) is 52.4 Å². The van der Waals surface area contributed by atoms with Gasteiger partial charge in [-0.25, -0.2) is 0 Å². The summed E-state index contributed by atoms with van der Waals surface area (Å²) in [5, 5.41) is 0. The molecule has 2 rings (SSSR count). The van der Waals surface area contributed by atoms with E-state index in [9.17, 15) is 0 Å². The molecule has 0 radical (unpaired) electrons. The van der Waals surface area contributed by atoms with E-state index in [-0.39, 0.29) is 0 Å². The van der Waals surface area contributed by atoms with Crippen LogP contribution in [0.4, 0.5) is 0 Å². The van der Waals surface area contributed by atoms with Gasteiger partial charge in [0.2, 0.25) is 0 Å². The zero-order valence-corrected chi connectivity index (χ0v) is 14.9. The minimum Gasteiger partial charge on any atom is -0.0979 e. The van der Waals surface area contributed by atoms with Crippen LogP contribution in [0.1, 0.15) is 68.2 Å². The molecule has 0 aliphatic rings. The van der Waals surface area contributed by atoms with E-state index in [1.807, 2.05) is 0 Å². The van der Waals surface area contributed by atoms with Crippen LogP contribution in [0.2, 0.25) is 0 Å². The number of hydrogen-bond donors (Lipinski definition) is 0. The Morgan fingerprint density at radius 3 is 1.71 bits per heavy atom. The van der Waals surface area contributed by atoms with Gasteiger partial charge in [0.15, 0.2) is 0 Å². The van der Waals surface area contributed by atoms with Crippen molar-refractivity contribution < 1.29 is 0 Å². The number of benzene rings is 2. The molecule has 0 unspecified atom stereocenters. The van der Waals surface area contributed by atoms with Crippen molar-refractivity contribution in [3.05, 3.63) is 70.8 Å². The van der Waals surface area contributed by atoms with Crippen molar-refractivity contribution >= 4 is 0 Å². The molecule has 0 aliphatic heterocycles. The first-order chi connectivity index (χ1) is 11.8. The molecule has 0 saturated heterocycles. The number of rotatable bonds is 5. The predicted molar refractivity (Wildman–Crippen MR) is 104 cm³/mol. The number of hydrogen-bond acceptors (Lipinski definition) is 0. The quantitative estimate of drug-likeness (QED) is 0.471. The Morgan fingerprint density at radius 1 is 0.625 bits per heavy atom. The molecule has 0 aliphatic carbocycles. The van der Waals surface area contributed by atoms with Crippen LogP contribution in [0.25, 0.3) is 0 Å². The first-order valence-corrected chi connectivity index (χ1v) is 9.01. The topological polar surface area (TPSA) is 0 Å². The van der Waals surface area contributed by atoms with Crippen LogP contribution in [0, 0.1) is 23.7 Å². The highest BCUT2D eigenvalue weighted by molar-refractivity contribution is 5.46. The highest BCUT2D eigenvalue weighted by Crippen LogP contribution is 2.07. The van der Waals surface area contributed by atoms with Crippen molar-refractivity contribution in [1.29, 1.82) is 0 Å². The average molecular weight is 314 g/mol. The standard InChI is InChI=1S/C24H26/c1-3-5-6-7-8-10-22-13-17-24(18-14-22)20-19-23-15-11-21(9-4-2)12-16-23/h11-18H,3-7,9H2,1-2H3. The summed E-state index contributed by atoms with van der Waals surface area (Å²) in [6.07, 6.45) is 7.01. The number of aryl methyl sites for hydroxylation is 1. The molecule has 122 valence electrons. The van der Waals surface area contributed by atoms with Crippen LogP contribution >= 0.6 is 0 Å². The summed E-state index contributed by atoms with van der Waals surface area (Å²) >= 11 is 0. The summed E-state index contributed by atoms with van der Waals surface area (Å²) in [6.45, 7) is 4.42. The molecule has 0 bridgehead atoms. The molecular weight excluding hydrogens is 288 g/mol. The molecule has 0 N–H and O–H groups in total. The zero-order chi connectivity index (χ0) is 17.0. The van der Waals surface area contributed by atoms with Crippen LogP contribution in [0.5, 0.6) is 0 Å². The van der Waals surface area contributed by atoms with E-state index in [0.29, 0.717) is 0 Å². The third-order valence-corrected chi connectivity index (χ3v) is 3.87. The molecule has 0 amide bonds. The van der Waals surface area contributed by atoms with Crippen molar-refractivity contribution in [1.82, 2.24) is 0 Å². The summed E-state index contributed by atoms with van der Waals surface area (Å²) in [5.74, 6) is 12.9. The molecule has 0 aromatic heterocycles. The summed E-state index contributed by atoms with van der Waals surface area (Å²) in [4.78, 5) is 0. The van der Waals surface area contributed by atoms with E-state index in [1.165, 1.54) is 31.2 Å². The lowest BCUT2D eigenvalue weighted by Crippen LogP contribution is -1.83. The van der Waals surface area contributed by atoms with Gasteiger partial charge < -0.3 is 0 Å². The van der Waals surface area contributed by atoms with E-state index in [4.69, 9.17) is 0 Å². The van der Waals surface area contributed by atoms with Crippen molar-refractivity contribution in [2.24, 2.45) is 0 Å². The van der Waals surface area contributed by atoms with Gasteiger partial charge in [-0.05, 0) is 54.8 Å². The van der Waals surface area contributed by atoms with Gasteiger partial charge in [0.1, 0.15) is 0 Å². The lowest BCUT2D eigenvalue weighted by atomic mass is 10.1. The SMILES string of the molecule is CCCCCC#Cc1ccc(C#Cc2ccc(CCC)cc2)cc1. The average Bonchev–Trinajstić information content (AvgIpc) is 2.62. The van der Waals surface area contributed by atoms with Crippen molar-refractivity contribution in [3.63, 3.8) is 0 Å². The molecule has 0 heteroatoms. The van der Waals surface area contributed by atoms with Gasteiger partial charge in [-0.1, -0.05) is 68.9 Å². The zero-order valence-electron chi connectivity index (χ0n) is 14.9. The molecule has 0 saturated carbocycles. The second-order valence-corrected chi connectivity index (χ2v) is 6.03. The Hall–Kier alpha value is -2.44. The molecule has 0 spiro atoms. The molecule has 0 atom stereocenters. The summed E-state index contributed by atoms with van der Waals surface area (Å²) < 4.78 is 0. The van der Waals surface area contributed by atoms with E-state index >= 15 is 0 Å². The van der Waals surface area contributed by atoms with E-state index in [2.05, 4.69) is 86.1 Å². The second-order valence-electron chi connectivity index (χ2n) is 6.03. The van der Waals surface area contributed by atoms with Gasteiger partial charge in [-0.15, -0.1) is 0 Å². The summed E-state index contributed by atoms with van der Waals surface area (Å²) in [6, 6.07) is 16.8. The highest BCUT2D eigenvalue weighted by Gasteiger charge is 1.92. The smallest absolute Gasteiger partial charge is 0.0249 e. The molecule has 2 aromatic carbocycles. The Kier molecular flexibility index (Phi) is 7.73. The molecule has 0 heterocycles. The van der Waals surface area contributed by atoms with Crippen LogP contribution in [0.3, 0.4) is 0 Å². The van der Waals surface area contributed by atoms with Gasteiger partial charge in [0, 0.05) is 23.1 Å². The fourth-order valence-corrected chi connectivity index (χ4v) is 2.45. The number of unbranched alkanes of at least 4 members (excludes halogenated alkanes) is 3. The Bertz CT molecular complexity index is 725. The molecule has 2 aromatic rings. The van der Waals surface area contributed by atoms with Crippen LogP contribution in [-0.4, -0.2) is 0 Å². The summed E-state index contributed by atoms with van der Waals surface area (Å²) in [5.41, 5.74) is 4.55. The maximum Gasteiger partial charge on any atom is 0.0249 e. The van der Waals surface area contributed by atoms with Gasteiger partial charge in [0.25, 0.3) is 0 Å². The van der Waals surface area contributed by atoms with Gasteiger partial charge in [-0.2, -0.15) is 0 Å². The highest BCUT2D eigenvalue weighted by atomic mass is 14.0. The van der Waals surface area contributed by atoms with E-state index in [0.717, 1.165) is 29.5 Å². The molecular formula is C24H26. The monoisotopic (exact) mass is 314 g/mol. The lowest BCUT2D eigenvalue weighted by molar-refractivity contribution is 0.737. The Balaban J connectivity index is 1.94. The summed E-state index contributed by atoms with van der Waals surface area (Å²) in [7, 11) is 0. The third kappa shape index (κ3) is 6.36. The fraction of sp³-hybridized carbons (Fsp3) is 0.333. The first kappa shape index (κ1) is 17.9. The molecule has 0 fully saturated rings. The second kappa shape index (κ2) is 10.4. The van der Waals surface area contributed by atoms with E-state index in [1.54, 1.807) is 0 Å². The van der Waals surface area contributed by atoms with Gasteiger partial charge in [0.05, 0.1) is 0 Å². The first-order valence-electron chi connectivity index (χ1n) is 9.01. The third-order valence-electron chi connectivity index (χ3n) is 3.87. The maximum absolute atomic E-state index is 3.24. The Morgan fingerprint density at radius 2 is 1.17 bits per heavy atom. The largest absolute Gasteiger partial charge is 0.0979 e. The van der Waals surface area contributed by atoms with Crippen LogP contribution in [0.15, 0.2) is 48.5 Å². The van der Waals surface area contributed by atoms with Crippen LogP contribution < -0.4 is 0 Å². The van der Waals surface area contributed by atoms with E-state index < -0.39 is 0 Å². The van der Waals surface area contributed by atoms with Crippen LogP contribution in [-0.2, 0) is 6.42 Å². The Labute approximate surface area is 147 Å². The fourth-order valence-electron chi connectivity index (χ4n) is 2.45. The minimum atomic E-state index is 0.990. The van der Waals surface area contributed by atoms with Gasteiger partial charge >= 0.3 is 0 Å². The van der Waals surface area contributed by atoms with Crippen molar-refractivity contribution in [2.75, 3.05) is 0 Å². The molecule has 24 heavy (non-hydrogen) atoms. The van der Waals surface area contributed by atoms with Gasteiger partial charge in [-0.3, -0.25) is 0 Å². The molecule has 0 nitrogen and oxygen atoms in total. The maximum atomic E-state index is 3.24.